The minimum Gasteiger partial charge on any atom is -0.381 e. The van der Waals surface area contributed by atoms with Gasteiger partial charge in [-0.2, -0.15) is 0 Å². The van der Waals surface area contributed by atoms with E-state index in [0.717, 1.165) is 29.5 Å². The molecule has 100 valence electrons. The van der Waals surface area contributed by atoms with Gasteiger partial charge in [-0.25, -0.2) is 4.98 Å². The Kier molecular flexibility index (Phi) is 6.60. The molecule has 1 aliphatic rings. The Morgan fingerprint density at radius 2 is 2.11 bits per heavy atom. The Balaban J connectivity index is 0.000000225. The van der Waals surface area contributed by atoms with E-state index in [4.69, 9.17) is 10.5 Å². The minimum atomic E-state index is 0.579. The number of nitrogen functional groups attached to an aromatic ring is 1. The zero-order chi connectivity index (χ0) is 13.4. The molecule has 1 saturated heterocycles. The van der Waals surface area contributed by atoms with Crippen LogP contribution in [0.4, 0.5) is 5.13 Å². The Labute approximate surface area is 113 Å². The van der Waals surface area contributed by atoms with E-state index in [-0.39, 0.29) is 0 Å². The van der Waals surface area contributed by atoms with E-state index in [0.29, 0.717) is 5.13 Å². The second kappa shape index (κ2) is 8.00. The highest BCUT2D eigenvalue weighted by Crippen LogP contribution is 2.17. The number of hydrogen-bond acceptors (Lipinski definition) is 5. The maximum absolute atomic E-state index is 5.51. The summed E-state index contributed by atoms with van der Waals surface area (Å²) in [4.78, 5) is 9.21. The van der Waals surface area contributed by atoms with E-state index >= 15 is 0 Å². The van der Waals surface area contributed by atoms with Crippen LogP contribution in [0, 0.1) is 6.92 Å². The molecule has 4 nitrogen and oxygen atoms in total. The summed E-state index contributed by atoms with van der Waals surface area (Å²) in [5, 5.41) is 0.579. The van der Waals surface area contributed by atoms with E-state index in [2.05, 4.69) is 16.6 Å². The predicted molar refractivity (Wildman–Crippen MR) is 78.3 cm³/mol. The minimum absolute atomic E-state index is 0.579. The van der Waals surface area contributed by atoms with Gasteiger partial charge in [-0.15, -0.1) is 11.3 Å². The molecule has 18 heavy (non-hydrogen) atoms. The lowest BCUT2D eigenvalue weighted by molar-refractivity contribution is 0.0968. The maximum atomic E-state index is 5.51. The second-order valence-corrected chi connectivity index (χ2v) is 5.39. The van der Waals surface area contributed by atoms with Gasteiger partial charge in [0.2, 0.25) is 0 Å². The Morgan fingerprint density at radius 1 is 1.44 bits per heavy atom. The largest absolute Gasteiger partial charge is 0.381 e. The van der Waals surface area contributed by atoms with Gasteiger partial charge >= 0.3 is 0 Å². The first-order valence-corrected chi connectivity index (χ1v) is 6.91. The lowest BCUT2D eigenvalue weighted by Gasteiger charge is -2.08. The fourth-order valence-corrected chi connectivity index (χ4v) is 2.07. The molecule has 0 unspecified atom stereocenters. The molecular formula is C13H21N3OS. The van der Waals surface area contributed by atoms with Gasteiger partial charge in [0.1, 0.15) is 0 Å². The number of aryl methyl sites for hydroxylation is 1. The molecule has 1 fully saturated rings. The van der Waals surface area contributed by atoms with Gasteiger partial charge in [0, 0.05) is 23.8 Å². The number of thiazole rings is 1. The summed E-state index contributed by atoms with van der Waals surface area (Å²) in [7, 11) is 0. The predicted octanol–water partition coefficient (Wildman–Crippen LogP) is 3.17. The lowest BCUT2D eigenvalue weighted by Crippen LogP contribution is -2.03. The van der Waals surface area contributed by atoms with Crippen LogP contribution in [-0.4, -0.2) is 24.4 Å². The van der Waals surface area contributed by atoms with Gasteiger partial charge in [0.15, 0.2) is 5.13 Å². The van der Waals surface area contributed by atoms with E-state index in [9.17, 15) is 0 Å². The van der Waals surface area contributed by atoms with Crippen LogP contribution >= 0.6 is 11.3 Å². The fraction of sp³-hybridized carbons (Fsp3) is 0.538. The summed E-state index contributed by atoms with van der Waals surface area (Å²) in [5.74, 6) is 0. The SMILES string of the molecule is C1CCOCC1.C=C(C)N=Cc1nc(N)sc1C. The van der Waals surface area contributed by atoms with E-state index in [1.165, 1.54) is 30.6 Å². The molecular weight excluding hydrogens is 246 g/mol. The molecule has 0 aliphatic carbocycles. The standard InChI is InChI=1S/C8H11N3S.C5H10O/c1-5(2)10-4-7-6(3)12-8(9)11-7;1-2-4-6-5-3-1/h4H,1H2,2-3H3,(H2,9,11);1-5H2. The number of rotatable bonds is 2. The van der Waals surface area contributed by atoms with Gasteiger partial charge < -0.3 is 10.5 Å². The Hall–Kier alpha value is -1.20. The number of nitrogens with two attached hydrogens (primary N) is 1. The first-order chi connectivity index (χ1) is 8.59. The molecule has 1 aliphatic heterocycles. The zero-order valence-electron chi connectivity index (χ0n) is 11.1. The Morgan fingerprint density at radius 3 is 2.44 bits per heavy atom. The third kappa shape index (κ3) is 5.93. The van der Waals surface area contributed by atoms with E-state index < -0.39 is 0 Å². The topological polar surface area (TPSA) is 60.5 Å². The molecule has 1 aromatic heterocycles. The van der Waals surface area contributed by atoms with Gasteiger partial charge in [-0.3, -0.25) is 4.99 Å². The van der Waals surface area contributed by atoms with Crippen molar-refractivity contribution < 1.29 is 4.74 Å². The Bertz CT molecular complexity index is 397. The number of hydrogen-bond donors (Lipinski definition) is 1. The summed E-state index contributed by atoms with van der Waals surface area (Å²) in [6.07, 6.45) is 5.62. The van der Waals surface area contributed by atoms with Crippen LogP contribution in [0.2, 0.25) is 0 Å². The second-order valence-electron chi connectivity index (χ2n) is 4.16. The number of nitrogens with zero attached hydrogens (tertiary/aromatic N) is 2. The number of aliphatic imine (C=N–C) groups is 1. The number of ether oxygens (including phenoxy) is 1. The van der Waals surface area contributed by atoms with E-state index in [1.807, 2.05) is 13.8 Å². The van der Waals surface area contributed by atoms with Gasteiger partial charge in [-0.1, -0.05) is 6.58 Å². The highest BCUT2D eigenvalue weighted by Gasteiger charge is 2.01. The van der Waals surface area contributed by atoms with Gasteiger partial charge in [0.25, 0.3) is 0 Å². The summed E-state index contributed by atoms with van der Waals surface area (Å²) in [5.41, 5.74) is 7.11. The number of aromatic nitrogens is 1. The van der Waals surface area contributed by atoms with Crippen LogP contribution in [0.25, 0.3) is 0 Å². The smallest absolute Gasteiger partial charge is 0.180 e. The molecule has 0 radical (unpaired) electrons. The lowest BCUT2D eigenvalue weighted by atomic mass is 10.2. The van der Waals surface area contributed by atoms with Gasteiger partial charge in [0.05, 0.1) is 11.9 Å². The molecule has 2 N–H and O–H groups in total. The van der Waals surface area contributed by atoms with Gasteiger partial charge in [-0.05, 0) is 33.1 Å². The van der Waals surface area contributed by atoms with Crippen molar-refractivity contribution >= 4 is 22.7 Å². The van der Waals surface area contributed by atoms with Crippen molar-refractivity contribution in [1.29, 1.82) is 0 Å². The van der Waals surface area contributed by atoms with Crippen molar-refractivity contribution in [3.63, 3.8) is 0 Å². The first kappa shape index (κ1) is 14.9. The van der Waals surface area contributed by atoms with Crippen molar-refractivity contribution in [2.75, 3.05) is 18.9 Å². The quantitative estimate of drug-likeness (QED) is 0.837. The van der Waals surface area contributed by atoms with Crippen molar-refractivity contribution in [1.82, 2.24) is 4.98 Å². The van der Waals surface area contributed by atoms with Crippen molar-refractivity contribution in [2.24, 2.45) is 4.99 Å². The van der Waals surface area contributed by atoms with Crippen molar-refractivity contribution in [3.05, 3.63) is 22.8 Å². The zero-order valence-corrected chi connectivity index (χ0v) is 11.9. The molecule has 0 saturated carbocycles. The average molecular weight is 267 g/mol. The van der Waals surface area contributed by atoms with Crippen LogP contribution in [0.15, 0.2) is 17.3 Å². The monoisotopic (exact) mass is 267 g/mol. The molecule has 0 bridgehead atoms. The van der Waals surface area contributed by atoms with Crippen LogP contribution in [0.3, 0.4) is 0 Å². The summed E-state index contributed by atoms with van der Waals surface area (Å²) < 4.78 is 5.07. The van der Waals surface area contributed by atoms with Crippen molar-refractivity contribution in [3.8, 4) is 0 Å². The van der Waals surface area contributed by atoms with E-state index in [1.54, 1.807) is 6.21 Å². The molecule has 0 aromatic carbocycles. The van der Waals surface area contributed by atoms with Crippen molar-refractivity contribution in [2.45, 2.75) is 33.1 Å². The highest BCUT2D eigenvalue weighted by molar-refractivity contribution is 7.15. The molecule has 2 heterocycles. The molecule has 0 amide bonds. The fourth-order valence-electron chi connectivity index (χ4n) is 1.41. The average Bonchev–Trinajstić information content (AvgIpc) is 2.68. The molecule has 5 heteroatoms. The van der Waals surface area contributed by atoms with Crippen LogP contribution in [0.1, 0.15) is 36.8 Å². The molecule has 1 aromatic rings. The van der Waals surface area contributed by atoms with Crippen LogP contribution in [-0.2, 0) is 4.74 Å². The summed E-state index contributed by atoms with van der Waals surface area (Å²) in [6, 6.07) is 0. The molecule has 0 atom stereocenters. The first-order valence-electron chi connectivity index (χ1n) is 6.10. The molecule has 0 spiro atoms. The third-order valence-corrected chi connectivity index (χ3v) is 3.15. The number of anilines is 1. The number of allylic oxidation sites excluding steroid dienone is 1. The summed E-state index contributed by atoms with van der Waals surface area (Å²) in [6.45, 7) is 9.45. The van der Waals surface area contributed by atoms with Crippen LogP contribution in [0.5, 0.6) is 0 Å². The third-order valence-electron chi connectivity index (χ3n) is 2.33. The highest BCUT2D eigenvalue weighted by atomic mass is 32.1. The summed E-state index contributed by atoms with van der Waals surface area (Å²) >= 11 is 1.47. The molecule has 2 rings (SSSR count). The maximum Gasteiger partial charge on any atom is 0.180 e. The van der Waals surface area contributed by atoms with Crippen LogP contribution < -0.4 is 5.73 Å². The normalized spacial score (nSPS) is 15.2.